The van der Waals surface area contributed by atoms with Crippen molar-refractivity contribution in [3.63, 3.8) is 0 Å². The number of carbonyl (C=O) groups is 1. The van der Waals surface area contributed by atoms with Gasteiger partial charge in [0, 0.05) is 18.6 Å². The van der Waals surface area contributed by atoms with E-state index in [-0.39, 0.29) is 30.8 Å². The van der Waals surface area contributed by atoms with Crippen molar-refractivity contribution in [3.8, 4) is 0 Å². The highest BCUT2D eigenvalue weighted by Crippen LogP contribution is 2.41. The zero-order chi connectivity index (χ0) is 15.5. The number of aliphatic hydroxyl groups excluding tert-OH is 1. The molecule has 0 spiro atoms. The molecule has 1 aromatic rings. The third kappa shape index (κ3) is 2.76. The fourth-order valence-corrected chi connectivity index (χ4v) is 3.60. The predicted octanol–water partition coefficient (Wildman–Crippen LogP) is 1.72. The van der Waals surface area contributed by atoms with Crippen LogP contribution in [0.25, 0.3) is 0 Å². The number of hydrogen-bond donors (Lipinski definition) is 1. The van der Waals surface area contributed by atoms with Crippen LogP contribution in [-0.2, 0) is 14.3 Å². The van der Waals surface area contributed by atoms with Gasteiger partial charge in [-0.2, -0.15) is 0 Å². The van der Waals surface area contributed by atoms with E-state index in [1.54, 1.807) is 6.92 Å². The van der Waals surface area contributed by atoms with Crippen LogP contribution in [0.2, 0.25) is 0 Å². The lowest BCUT2D eigenvalue weighted by molar-refractivity contribution is -0.159. The summed E-state index contributed by atoms with van der Waals surface area (Å²) in [6, 6.07) is 9.71. The van der Waals surface area contributed by atoms with Crippen molar-refractivity contribution in [2.24, 2.45) is 5.92 Å². The molecule has 2 heterocycles. The Labute approximate surface area is 130 Å². The lowest BCUT2D eigenvalue weighted by Gasteiger charge is -2.42. The molecule has 0 bridgehead atoms. The molecule has 0 radical (unpaired) electrons. The second kappa shape index (κ2) is 6.77. The van der Waals surface area contributed by atoms with Crippen molar-refractivity contribution in [1.29, 1.82) is 0 Å². The van der Waals surface area contributed by atoms with Crippen LogP contribution < -0.4 is 0 Å². The minimum Gasteiger partial charge on any atom is -0.465 e. The van der Waals surface area contributed by atoms with E-state index in [0.29, 0.717) is 13.2 Å². The molecule has 0 aromatic heterocycles. The van der Waals surface area contributed by atoms with E-state index in [1.165, 1.54) is 0 Å². The van der Waals surface area contributed by atoms with Crippen LogP contribution in [0.4, 0.5) is 0 Å². The number of ether oxygens (including phenoxy) is 2. The number of fused-ring (bicyclic) bond motifs is 1. The van der Waals surface area contributed by atoms with E-state index >= 15 is 0 Å². The van der Waals surface area contributed by atoms with Gasteiger partial charge in [0.25, 0.3) is 0 Å². The van der Waals surface area contributed by atoms with E-state index in [9.17, 15) is 9.90 Å². The molecule has 2 aliphatic rings. The number of carbonyl (C=O) groups excluding carboxylic acids is 1. The molecule has 2 fully saturated rings. The average Bonchev–Trinajstić information content (AvgIpc) is 2.98. The highest BCUT2D eigenvalue weighted by Gasteiger charge is 2.49. The molecule has 5 heteroatoms. The molecule has 2 saturated heterocycles. The third-order valence-corrected chi connectivity index (χ3v) is 4.62. The van der Waals surface area contributed by atoms with E-state index in [4.69, 9.17) is 9.47 Å². The molecule has 5 nitrogen and oxygen atoms in total. The van der Waals surface area contributed by atoms with Crippen LogP contribution in [-0.4, -0.2) is 47.9 Å². The predicted molar refractivity (Wildman–Crippen MR) is 81.0 cm³/mol. The molecule has 2 aliphatic heterocycles. The molecule has 1 N–H and O–H groups in total. The number of benzene rings is 1. The van der Waals surface area contributed by atoms with Gasteiger partial charge in [-0.3, -0.25) is 9.69 Å². The van der Waals surface area contributed by atoms with Crippen LogP contribution in [0.5, 0.6) is 0 Å². The number of rotatable bonds is 4. The maximum atomic E-state index is 12.5. The summed E-state index contributed by atoms with van der Waals surface area (Å²) in [5, 5.41) is 9.68. The first-order valence-electron chi connectivity index (χ1n) is 7.97. The van der Waals surface area contributed by atoms with Crippen molar-refractivity contribution >= 4 is 5.97 Å². The van der Waals surface area contributed by atoms with Crippen LogP contribution in [0, 0.1) is 5.92 Å². The standard InChI is InChI=1S/C17H23NO4/c1-2-21-17(20)15-13(10-19)8-9-14-11-22-16(18(14)15)12-6-4-3-5-7-12/h3-7,13-16,19H,2,8-11H2,1H3/t13-,14+,15+,16-/m1/s1. The summed E-state index contributed by atoms with van der Waals surface area (Å²) < 4.78 is 11.2. The Morgan fingerprint density at radius 3 is 2.82 bits per heavy atom. The summed E-state index contributed by atoms with van der Waals surface area (Å²) in [6.45, 7) is 2.77. The van der Waals surface area contributed by atoms with E-state index in [2.05, 4.69) is 4.90 Å². The fraction of sp³-hybridized carbons (Fsp3) is 0.588. The van der Waals surface area contributed by atoms with Crippen LogP contribution in [0.1, 0.15) is 31.6 Å². The van der Waals surface area contributed by atoms with Crippen LogP contribution in [0.3, 0.4) is 0 Å². The normalized spacial score (nSPS) is 31.7. The Kier molecular flexibility index (Phi) is 4.76. The molecule has 120 valence electrons. The Hall–Kier alpha value is -1.43. The monoisotopic (exact) mass is 305 g/mol. The lowest BCUT2D eigenvalue weighted by Crippen LogP contribution is -2.54. The zero-order valence-corrected chi connectivity index (χ0v) is 12.9. The summed E-state index contributed by atoms with van der Waals surface area (Å²) in [5.41, 5.74) is 1.04. The van der Waals surface area contributed by atoms with E-state index < -0.39 is 6.04 Å². The summed E-state index contributed by atoms with van der Waals surface area (Å²) in [5.74, 6) is -0.346. The van der Waals surface area contributed by atoms with Crippen LogP contribution >= 0.6 is 0 Å². The van der Waals surface area contributed by atoms with Gasteiger partial charge in [-0.1, -0.05) is 30.3 Å². The van der Waals surface area contributed by atoms with Gasteiger partial charge >= 0.3 is 5.97 Å². The fourth-order valence-electron chi connectivity index (χ4n) is 3.60. The highest BCUT2D eigenvalue weighted by atomic mass is 16.5. The molecule has 22 heavy (non-hydrogen) atoms. The summed E-state index contributed by atoms with van der Waals surface area (Å²) in [6.07, 6.45) is 1.52. The number of aliphatic hydroxyl groups is 1. The van der Waals surface area contributed by atoms with Gasteiger partial charge in [0.2, 0.25) is 0 Å². The van der Waals surface area contributed by atoms with Gasteiger partial charge in [0.15, 0.2) is 0 Å². The quantitative estimate of drug-likeness (QED) is 0.858. The summed E-state index contributed by atoms with van der Waals surface area (Å²) >= 11 is 0. The molecule has 3 rings (SSSR count). The first kappa shape index (κ1) is 15.5. The Morgan fingerprint density at radius 1 is 1.36 bits per heavy atom. The van der Waals surface area contributed by atoms with Gasteiger partial charge in [-0.05, 0) is 25.3 Å². The van der Waals surface area contributed by atoms with Crippen molar-refractivity contribution in [3.05, 3.63) is 35.9 Å². The molecule has 4 atom stereocenters. The maximum Gasteiger partial charge on any atom is 0.323 e. The SMILES string of the molecule is CCOC(=O)[C@@H]1[C@@H](CO)CC[C@H]2CO[C@H](c3ccccc3)N21. The molecular formula is C17H23NO4. The molecule has 0 aliphatic carbocycles. The van der Waals surface area contributed by atoms with Gasteiger partial charge in [0.05, 0.1) is 13.2 Å². The van der Waals surface area contributed by atoms with Gasteiger partial charge in [0.1, 0.15) is 12.3 Å². The molecule has 0 unspecified atom stereocenters. The molecule has 0 saturated carbocycles. The second-order valence-electron chi connectivity index (χ2n) is 5.91. The third-order valence-electron chi connectivity index (χ3n) is 4.62. The lowest BCUT2D eigenvalue weighted by atomic mass is 9.86. The molecular weight excluding hydrogens is 282 g/mol. The van der Waals surface area contributed by atoms with Gasteiger partial charge in [-0.15, -0.1) is 0 Å². The van der Waals surface area contributed by atoms with E-state index in [0.717, 1.165) is 18.4 Å². The average molecular weight is 305 g/mol. The largest absolute Gasteiger partial charge is 0.465 e. The summed E-state index contributed by atoms with van der Waals surface area (Å²) in [4.78, 5) is 14.6. The first-order valence-corrected chi connectivity index (χ1v) is 7.97. The molecule has 0 amide bonds. The maximum absolute atomic E-state index is 12.5. The highest BCUT2D eigenvalue weighted by molar-refractivity contribution is 5.76. The van der Waals surface area contributed by atoms with Gasteiger partial charge in [-0.25, -0.2) is 0 Å². The van der Waals surface area contributed by atoms with Crippen molar-refractivity contribution in [2.75, 3.05) is 19.8 Å². The second-order valence-corrected chi connectivity index (χ2v) is 5.91. The number of nitrogens with zero attached hydrogens (tertiary/aromatic N) is 1. The first-order chi connectivity index (χ1) is 10.8. The summed E-state index contributed by atoms with van der Waals surface area (Å²) in [7, 11) is 0. The van der Waals surface area contributed by atoms with Crippen molar-refractivity contribution < 1.29 is 19.4 Å². The number of hydrogen-bond acceptors (Lipinski definition) is 5. The minimum atomic E-state index is -0.434. The van der Waals surface area contributed by atoms with Crippen molar-refractivity contribution in [1.82, 2.24) is 4.90 Å². The number of piperidine rings is 1. The minimum absolute atomic E-state index is 0.00574. The van der Waals surface area contributed by atoms with Crippen molar-refractivity contribution in [2.45, 2.75) is 38.1 Å². The Balaban J connectivity index is 1.91. The molecule has 1 aromatic carbocycles. The topological polar surface area (TPSA) is 59.0 Å². The van der Waals surface area contributed by atoms with Gasteiger partial charge < -0.3 is 14.6 Å². The van der Waals surface area contributed by atoms with Crippen LogP contribution in [0.15, 0.2) is 30.3 Å². The van der Waals surface area contributed by atoms with E-state index in [1.807, 2.05) is 30.3 Å². The Bertz CT molecular complexity index is 507. The number of esters is 1. The smallest absolute Gasteiger partial charge is 0.323 e. The zero-order valence-electron chi connectivity index (χ0n) is 12.9. The Morgan fingerprint density at radius 2 is 2.14 bits per heavy atom.